The van der Waals surface area contributed by atoms with Crippen molar-refractivity contribution in [2.45, 2.75) is 13.5 Å². The largest absolute Gasteiger partial charge is 0.326 e. The first-order valence-corrected chi connectivity index (χ1v) is 5.43. The highest BCUT2D eigenvalue weighted by Gasteiger charge is 2.06. The lowest BCUT2D eigenvalue weighted by Crippen LogP contribution is -1.91. The van der Waals surface area contributed by atoms with Crippen LogP contribution in [-0.2, 0) is 6.54 Å². The second-order valence-electron chi connectivity index (χ2n) is 3.30. The highest BCUT2D eigenvalue weighted by Crippen LogP contribution is 2.26. The fourth-order valence-corrected chi connectivity index (χ4v) is 2.05. The van der Waals surface area contributed by atoms with Gasteiger partial charge < -0.3 is 5.73 Å². The molecular formula is C11H11FN2S. The highest BCUT2D eigenvalue weighted by atomic mass is 32.1. The monoisotopic (exact) mass is 222 g/mol. The predicted octanol–water partition coefficient (Wildman–Crippen LogP) is 2.72. The van der Waals surface area contributed by atoms with Crippen LogP contribution in [0.3, 0.4) is 0 Å². The molecule has 2 nitrogen and oxygen atoms in total. The summed E-state index contributed by atoms with van der Waals surface area (Å²) in [5, 5.41) is 0.814. The van der Waals surface area contributed by atoms with Gasteiger partial charge in [0, 0.05) is 23.2 Å². The van der Waals surface area contributed by atoms with Gasteiger partial charge in [-0.1, -0.05) is 12.1 Å². The van der Waals surface area contributed by atoms with Gasteiger partial charge >= 0.3 is 0 Å². The lowest BCUT2D eigenvalue weighted by molar-refractivity contribution is 0.619. The van der Waals surface area contributed by atoms with Crippen molar-refractivity contribution in [1.82, 2.24) is 4.98 Å². The second kappa shape index (κ2) is 4.08. The minimum atomic E-state index is -0.197. The number of nitrogens with zero attached hydrogens (tertiary/aromatic N) is 1. The van der Waals surface area contributed by atoms with Gasteiger partial charge in [0.2, 0.25) is 0 Å². The SMILES string of the molecule is Cc1ccc(-c2ncc(CN)s2)cc1F. The zero-order chi connectivity index (χ0) is 10.8. The summed E-state index contributed by atoms with van der Waals surface area (Å²) in [7, 11) is 0. The first-order valence-electron chi connectivity index (χ1n) is 4.62. The van der Waals surface area contributed by atoms with E-state index in [-0.39, 0.29) is 5.82 Å². The Kier molecular flexibility index (Phi) is 2.79. The molecule has 2 N–H and O–H groups in total. The number of benzene rings is 1. The van der Waals surface area contributed by atoms with Gasteiger partial charge in [-0.3, -0.25) is 0 Å². The Labute approximate surface area is 91.6 Å². The molecule has 0 unspecified atom stereocenters. The molecule has 2 aromatic rings. The van der Waals surface area contributed by atoms with E-state index in [9.17, 15) is 4.39 Å². The highest BCUT2D eigenvalue weighted by molar-refractivity contribution is 7.15. The van der Waals surface area contributed by atoms with Gasteiger partial charge in [0.15, 0.2) is 0 Å². The minimum absolute atomic E-state index is 0.197. The number of aryl methyl sites for hydroxylation is 1. The molecule has 0 bridgehead atoms. The Morgan fingerprint density at radius 3 is 2.87 bits per heavy atom. The first kappa shape index (κ1) is 10.3. The zero-order valence-corrected chi connectivity index (χ0v) is 9.14. The normalized spacial score (nSPS) is 10.6. The molecule has 0 amide bonds. The molecule has 0 radical (unpaired) electrons. The van der Waals surface area contributed by atoms with Crippen LogP contribution in [0, 0.1) is 12.7 Å². The van der Waals surface area contributed by atoms with Crippen molar-refractivity contribution in [3.8, 4) is 10.6 Å². The Morgan fingerprint density at radius 2 is 2.27 bits per heavy atom. The van der Waals surface area contributed by atoms with Crippen LogP contribution in [-0.4, -0.2) is 4.98 Å². The van der Waals surface area contributed by atoms with Gasteiger partial charge in [0.1, 0.15) is 10.8 Å². The third-order valence-electron chi connectivity index (χ3n) is 2.17. The van der Waals surface area contributed by atoms with Crippen molar-refractivity contribution in [2.75, 3.05) is 0 Å². The molecule has 0 fully saturated rings. The molecule has 1 aromatic heterocycles. The Balaban J connectivity index is 2.40. The van der Waals surface area contributed by atoms with Crippen molar-refractivity contribution >= 4 is 11.3 Å². The molecule has 0 aliphatic carbocycles. The number of aromatic nitrogens is 1. The van der Waals surface area contributed by atoms with Crippen molar-refractivity contribution in [3.63, 3.8) is 0 Å². The average molecular weight is 222 g/mol. The van der Waals surface area contributed by atoms with E-state index in [1.54, 1.807) is 19.2 Å². The molecule has 0 spiro atoms. The fourth-order valence-electron chi connectivity index (χ4n) is 1.26. The summed E-state index contributed by atoms with van der Waals surface area (Å²) in [6, 6.07) is 5.14. The standard InChI is InChI=1S/C11H11FN2S/c1-7-2-3-8(4-10(7)12)11-14-6-9(5-13)15-11/h2-4,6H,5,13H2,1H3. The van der Waals surface area contributed by atoms with E-state index in [1.165, 1.54) is 17.4 Å². The number of halogens is 1. The maximum Gasteiger partial charge on any atom is 0.126 e. The lowest BCUT2D eigenvalue weighted by atomic mass is 10.1. The van der Waals surface area contributed by atoms with Crippen molar-refractivity contribution < 1.29 is 4.39 Å². The third-order valence-corrected chi connectivity index (χ3v) is 3.24. The van der Waals surface area contributed by atoms with E-state index in [0.29, 0.717) is 12.1 Å². The van der Waals surface area contributed by atoms with E-state index in [4.69, 9.17) is 5.73 Å². The maximum absolute atomic E-state index is 13.3. The van der Waals surface area contributed by atoms with Crippen LogP contribution in [0.2, 0.25) is 0 Å². The number of nitrogens with two attached hydrogens (primary N) is 1. The molecular weight excluding hydrogens is 211 g/mol. The summed E-state index contributed by atoms with van der Waals surface area (Å²) in [4.78, 5) is 5.21. The number of hydrogen-bond acceptors (Lipinski definition) is 3. The van der Waals surface area contributed by atoms with Crippen LogP contribution >= 0.6 is 11.3 Å². The van der Waals surface area contributed by atoms with Crippen molar-refractivity contribution in [3.05, 3.63) is 40.7 Å². The number of hydrogen-bond donors (Lipinski definition) is 1. The van der Waals surface area contributed by atoms with Gasteiger partial charge in [-0.05, 0) is 18.6 Å². The van der Waals surface area contributed by atoms with E-state index in [1.807, 2.05) is 6.07 Å². The molecule has 0 aliphatic rings. The molecule has 15 heavy (non-hydrogen) atoms. The molecule has 2 rings (SSSR count). The van der Waals surface area contributed by atoms with Gasteiger partial charge in [-0.25, -0.2) is 9.37 Å². The summed E-state index contributed by atoms with van der Waals surface area (Å²) >= 11 is 1.50. The molecule has 1 heterocycles. The molecule has 0 aliphatic heterocycles. The Morgan fingerprint density at radius 1 is 1.47 bits per heavy atom. The van der Waals surface area contributed by atoms with Crippen LogP contribution in [0.15, 0.2) is 24.4 Å². The topological polar surface area (TPSA) is 38.9 Å². The van der Waals surface area contributed by atoms with Crippen LogP contribution in [0.5, 0.6) is 0 Å². The van der Waals surface area contributed by atoms with Crippen LogP contribution in [0.25, 0.3) is 10.6 Å². The van der Waals surface area contributed by atoms with Crippen LogP contribution in [0.1, 0.15) is 10.4 Å². The maximum atomic E-state index is 13.3. The number of thiazole rings is 1. The van der Waals surface area contributed by atoms with Crippen LogP contribution < -0.4 is 5.73 Å². The quantitative estimate of drug-likeness (QED) is 0.848. The summed E-state index contributed by atoms with van der Waals surface area (Å²) in [5.74, 6) is -0.197. The third kappa shape index (κ3) is 2.06. The van der Waals surface area contributed by atoms with E-state index in [2.05, 4.69) is 4.98 Å². The average Bonchev–Trinajstić information content (AvgIpc) is 2.70. The second-order valence-corrected chi connectivity index (χ2v) is 4.42. The Bertz CT molecular complexity index is 479. The summed E-state index contributed by atoms with van der Waals surface area (Å²) in [5.41, 5.74) is 6.95. The Hall–Kier alpha value is -1.26. The van der Waals surface area contributed by atoms with Crippen molar-refractivity contribution in [1.29, 1.82) is 0 Å². The first-order chi connectivity index (χ1) is 7.20. The van der Waals surface area contributed by atoms with Gasteiger partial charge in [-0.2, -0.15) is 0 Å². The van der Waals surface area contributed by atoms with E-state index < -0.39 is 0 Å². The van der Waals surface area contributed by atoms with E-state index in [0.717, 1.165) is 15.4 Å². The number of rotatable bonds is 2. The minimum Gasteiger partial charge on any atom is -0.326 e. The van der Waals surface area contributed by atoms with Crippen LogP contribution in [0.4, 0.5) is 4.39 Å². The van der Waals surface area contributed by atoms with Gasteiger partial charge in [0.25, 0.3) is 0 Å². The predicted molar refractivity (Wildman–Crippen MR) is 60.1 cm³/mol. The van der Waals surface area contributed by atoms with Gasteiger partial charge in [-0.15, -0.1) is 11.3 Å². The molecule has 0 saturated carbocycles. The molecule has 0 saturated heterocycles. The lowest BCUT2D eigenvalue weighted by Gasteiger charge is -1.99. The fraction of sp³-hybridized carbons (Fsp3) is 0.182. The summed E-state index contributed by atoms with van der Waals surface area (Å²) < 4.78 is 13.3. The smallest absolute Gasteiger partial charge is 0.126 e. The summed E-state index contributed by atoms with van der Waals surface area (Å²) in [6.45, 7) is 2.22. The molecule has 78 valence electrons. The molecule has 4 heteroatoms. The zero-order valence-electron chi connectivity index (χ0n) is 8.33. The van der Waals surface area contributed by atoms with Crippen molar-refractivity contribution in [2.24, 2.45) is 5.73 Å². The van der Waals surface area contributed by atoms with E-state index >= 15 is 0 Å². The molecule has 1 aromatic carbocycles. The van der Waals surface area contributed by atoms with Gasteiger partial charge in [0.05, 0.1) is 0 Å². The molecule has 0 atom stereocenters. The summed E-state index contributed by atoms with van der Waals surface area (Å²) in [6.07, 6.45) is 1.73.